The van der Waals surface area contributed by atoms with Crippen molar-refractivity contribution in [2.24, 2.45) is 0 Å². The maximum absolute atomic E-state index is 4.74. The average molecular weight is 307 g/mol. The number of unbranched alkanes of at least 4 members (excludes halogenated alkanes) is 2. The summed E-state index contributed by atoms with van der Waals surface area (Å²) in [7, 11) is 0. The summed E-state index contributed by atoms with van der Waals surface area (Å²) in [6, 6.07) is 14.5. The minimum atomic E-state index is 0.964. The van der Waals surface area contributed by atoms with E-state index in [0.717, 1.165) is 41.6 Å². The maximum Gasteiger partial charge on any atom is 0.0897 e. The Bertz CT molecular complexity index is 767. The molecule has 0 amide bonds. The number of aromatic nitrogens is 2. The first-order valence-electron chi connectivity index (χ1n) is 8.73. The lowest BCUT2D eigenvalue weighted by molar-refractivity contribution is 0.599. The molecule has 3 nitrogen and oxygen atoms in total. The van der Waals surface area contributed by atoms with Gasteiger partial charge < -0.3 is 5.32 Å². The van der Waals surface area contributed by atoms with Crippen molar-refractivity contribution in [3.63, 3.8) is 0 Å². The van der Waals surface area contributed by atoms with E-state index >= 15 is 0 Å². The van der Waals surface area contributed by atoms with Crippen LogP contribution in [-0.2, 0) is 6.42 Å². The third-order valence-corrected chi connectivity index (χ3v) is 4.18. The third kappa shape index (κ3) is 4.26. The zero-order valence-electron chi connectivity index (χ0n) is 13.9. The fourth-order valence-corrected chi connectivity index (χ4v) is 2.83. The minimum absolute atomic E-state index is 0.964. The van der Waals surface area contributed by atoms with Crippen molar-refractivity contribution in [3.05, 3.63) is 48.0 Å². The second-order valence-electron chi connectivity index (χ2n) is 6.10. The Labute approximate surface area is 138 Å². The normalized spacial score (nSPS) is 11.3. The van der Waals surface area contributed by atoms with Gasteiger partial charge in [-0.1, -0.05) is 31.5 Å². The van der Waals surface area contributed by atoms with E-state index in [1.165, 1.54) is 31.2 Å². The van der Waals surface area contributed by atoms with Gasteiger partial charge in [-0.05, 0) is 68.6 Å². The summed E-state index contributed by atoms with van der Waals surface area (Å²) >= 11 is 0. The fraction of sp³-hybridized carbons (Fsp3) is 0.400. The zero-order chi connectivity index (χ0) is 15.9. The Morgan fingerprint density at radius 3 is 2.26 bits per heavy atom. The summed E-state index contributed by atoms with van der Waals surface area (Å²) in [6.45, 7) is 4.50. The van der Waals surface area contributed by atoms with Crippen LogP contribution in [0.3, 0.4) is 0 Å². The Morgan fingerprint density at radius 2 is 1.48 bits per heavy atom. The molecule has 1 N–H and O–H groups in total. The molecule has 0 saturated carbocycles. The number of benzene rings is 2. The average Bonchev–Trinajstić information content (AvgIpc) is 2.59. The first-order chi connectivity index (χ1) is 11.4. The van der Waals surface area contributed by atoms with Crippen LogP contribution in [0.1, 0.15) is 38.2 Å². The van der Waals surface area contributed by atoms with Crippen LogP contribution in [0.25, 0.3) is 22.1 Å². The van der Waals surface area contributed by atoms with Gasteiger partial charge in [0, 0.05) is 0 Å². The molecule has 0 aliphatic heterocycles. The van der Waals surface area contributed by atoms with Crippen molar-refractivity contribution in [2.75, 3.05) is 13.1 Å². The molecule has 0 saturated heterocycles. The smallest absolute Gasteiger partial charge is 0.0897 e. The van der Waals surface area contributed by atoms with Crippen molar-refractivity contribution < 1.29 is 0 Å². The molecule has 0 aliphatic rings. The van der Waals surface area contributed by atoms with E-state index < -0.39 is 0 Å². The van der Waals surface area contributed by atoms with E-state index in [4.69, 9.17) is 4.98 Å². The van der Waals surface area contributed by atoms with Crippen LogP contribution in [0.4, 0.5) is 0 Å². The van der Waals surface area contributed by atoms with Gasteiger partial charge in [-0.15, -0.1) is 0 Å². The summed E-state index contributed by atoms with van der Waals surface area (Å²) < 4.78 is 0. The van der Waals surface area contributed by atoms with Crippen LogP contribution in [0.15, 0.2) is 42.5 Å². The standard InChI is InChI=1S/C20H25N3/c1-2-3-13-21-14-7-6-8-16-11-12-19-20(15-16)23-18-10-5-4-9-17(18)22-19/h4-5,9-12,15,21H,2-3,6-8,13-14H2,1H3. The highest BCUT2D eigenvalue weighted by Gasteiger charge is 2.02. The lowest BCUT2D eigenvalue weighted by Crippen LogP contribution is -2.16. The highest BCUT2D eigenvalue weighted by atomic mass is 14.8. The monoisotopic (exact) mass is 307 g/mol. The Balaban J connectivity index is 1.60. The van der Waals surface area contributed by atoms with Crippen LogP contribution < -0.4 is 5.32 Å². The van der Waals surface area contributed by atoms with Crippen molar-refractivity contribution >= 4 is 22.1 Å². The van der Waals surface area contributed by atoms with Crippen molar-refractivity contribution in [3.8, 4) is 0 Å². The largest absolute Gasteiger partial charge is 0.317 e. The van der Waals surface area contributed by atoms with Gasteiger partial charge in [-0.2, -0.15) is 0 Å². The van der Waals surface area contributed by atoms with Gasteiger partial charge in [-0.25, -0.2) is 9.97 Å². The topological polar surface area (TPSA) is 37.8 Å². The summed E-state index contributed by atoms with van der Waals surface area (Å²) in [5.74, 6) is 0. The van der Waals surface area contributed by atoms with E-state index in [-0.39, 0.29) is 0 Å². The highest BCUT2D eigenvalue weighted by molar-refractivity contribution is 5.86. The van der Waals surface area contributed by atoms with Crippen molar-refractivity contribution in [2.45, 2.75) is 39.0 Å². The first-order valence-corrected chi connectivity index (χ1v) is 8.73. The quantitative estimate of drug-likeness (QED) is 0.492. The second kappa shape index (κ2) is 8.02. The van der Waals surface area contributed by atoms with Gasteiger partial charge in [-0.3, -0.25) is 0 Å². The van der Waals surface area contributed by atoms with E-state index in [0.29, 0.717) is 0 Å². The van der Waals surface area contributed by atoms with Crippen LogP contribution in [0.5, 0.6) is 0 Å². The number of para-hydroxylation sites is 2. The van der Waals surface area contributed by atoms with E-state index in [9.17, 15) is 0 Å². The number of fused-ring (bicyclic) bond motifs is 2. The third-order valence-electron chi connectivity index (χ3n) is 4.18. The van der Waals surface area contributed by atoms with Crippen molar-refractivity contribution in [1.82, 2.24) is 15.3 Å². The van der Waals surface area contributed by atoms with Gasteiger partial charge in [0.25, 0.3) is 0 Å². The molecular formula is C20H25N3. The molecule has 2 aromatic carbocycles. The van der Waals surface area contributed by atoms with Crippen molar-refractivity contribution in [1.29, 1.82) is 0 Å². The van der Waals surface area contributed by atoms with Crippen LogP contribution >= 0.6 is 0 Å². The predicted molar refractivity (Wildman–Crippen MR) is 97.8 cm³/mol. The van der Waals surface area contributed by atoms with Crippen LogP contribution in [-0.4, -0.2) is 23.1 Å². The maximum atomic E-state index is 4.74. The first kappa shape index (κ1) is 15.9. The molecule has 0 unspecified atom stereocenters. The number of rotatable bonds is 8. The Kier molecular flexibility index (Phi) is 5.54. The Morgan fingerprint density at radius 1 is 0.783 bits per heavy atom. The summed E-state index contributed by atoms with van der Waals surface area (Å²) in [6.07, 6.45) is 6.09. The molecule has 23 heavy (non-hydrogen) atoms. The van der Waals surface area contributed by atoms with Gasteiger partial charge >= 0.3 is 0 Å². The molecule has 0 atom stereocenters. The van der Waals surface area contributed by atoms with E-state index in [2.05, 4.69) is 35.4 Å². The molecule has 1 aromatic heterocycles. The zero-order valence-corrected chi connectivity index (χ0v) is 13.9. The lowest BCUT2D eigenvalue weighted by atomic mass is 10.1. The number of hydrogen-bond donors (Lipinski definition) is 1. The molecule has 0 radical (unpaired) electrons. The van der Waals surface area contributed by atoms with Gasteiger partial charge in [0.2, 0.25) is 0 Å². The van der Waals surface area contributed by atoms with Gasteiger partial charge in [0.1, 0.15) is 0 Å². The molecular weight excluding hydrogens is 282 g/mol. The number of nitrogens with zero attached hydrogens (tertiary/aromatic N) is 2. The molecule has 3 heteroatoms. The van der Waals surface area contributed by atoms with Gasteiger partial charge in [0.05, 0.1) is 22.1 Å². The molecule has 0 fully saturated rings. The number of nitrogens with one attached hydrogen (secondary N) is 1. The van der Waals surface area contributed by atoms with E-state index in [1.54, 1.807) is 0 Å². The molecule has 0 spiro atoms. The summed E-state index contributed by atoms with van der Waals surface area (Å²) in [5.41, 5.74) is 5.27. The molecule has 0 aliphatic carbocycles. The second-order valence-corrected chi connectivity index (χ2v) is 6.10. The lowest BCUT2D eigenvalue weighted by Gasteiger charge is -2.06. The SMILES string of the molecule is CCCCNCCCCc1ccc2nc3ccccc3nc2c1. The fourth-order valence-electron chi connectivity index (χ4n) is 2.83. The number of aryl methyl sites for hydroxylation is 1. The minimum Gasteiger partial charge on any atom is -0.317 e. The summed E-state index contributed by atoms with van der Waals surface area (Å²) in [5, 5.41) is 3.50. The predicted octanol–water partition coefficient (Wildman–Crippen LogP) is 4.50. The van der Waals surface area contributed by atoms with E-state index in [1.807, 2.05) is 24.3 Å². The molecule has 3 aromatic rings. The van der Waals surface area contributed by atoms with Crippen LogP contribution in [0.2, 0.25) is 0 Å². The molecule has 120 valence electrons. The molecule has 0 bridgehead atoms. The molecule has 3 rings (SSSR count). The molecule has 1 heterocycles. The van der Waals surface area contributed by atoms with Crippen LogP contribution in [0, 0.1) is 0 Å². The number of hydrogen-bond acceptors (Lipinski definition) is 3. The Hall–Kier alpha value is -2.00. The highest BCUT2D eigenvalue weighted by Crippen LogP contribution is 2.18. The summed E-state index contributed by atoms with van der Waals surface area (Å²) in [4.78, 5) is 9.43. The van der Waals surface area contributed by atoms with Gasteiger partial charge in [0.15, 0.2) is 0 Å².